The molecule has 0 aliphatic heterocycles. The van der Waals surface area contributed by atoms with Gasteiger partial charge in [-0.2, -0.15) is 0 Å². The molecular formula is C11H14BrNO. The van der Waals surface area contributed by atoms with Crippen LogP contribution in [-0.2, 0) is 0 Å². The Hall–Kier alpha value is -0.800. The second-order valence-corrected chi connectivity index (χ2v) is 3.72. The van der Waals surface area contributed by atoms with E-state index in [0.29, 0.717) is 6.54 Å². The standard InChI is InChI=1S/C11H14BrNO/c1-14-10-5-6-11(12)9(8-10)4-2-3-7-13/h2,4-6,8H,3,7,13H2,1H3/b4-2+. The molecule has 0 aliphatic rings. The van der Waals surface area contributed by atoms with Gasteiger partial charge in [-0.15, -0.1) is 0 Å². The van der Waals surface area contributed by atoms with E-state index in [-0.39, 0.29) is 0 Å². The Labute approximate surface area is 92.9 Å². The molecule has 0 saturated carbocycles. The van der Waals surface area contributed by atoms with Crippen LogP contribution in [0.15, 0.2) is 28.7 Å². The van der Waals surface area contributed by atoms with Gasteiger partial charge in [0.05, 0.1) is 7.11 Å². The fourth-order valence-corrected chi connectivity index (χ4v) is 1.46. The molecule has 0 atom stereocenters. The number of hydrogen-bond donors (Lipinski definition) is 1. The fraction of sp³-hybridized carbons (Fsp3) is 0.273. The lowest BCUT2D eigenvalue weighted by Crippen LogP contribution is -1.95. The van der Waals surface area contributed by atoms with E-state index in [9.17, 15) is 0 Å². The topological polar surface area (TPSA) is 35.2 Å². The van der Waals surface area contributed by atoms with Crippen LogP contribution >= 0.6 is 15.9 Å². The number of nitrogens with two attached hydrogens (primary N) is 1. The highest BCUT2D eigenvalue weighted by atomic mass is 79.9. The first-order chi connectivity index (χ1) is 6.77. The Bertz CT molecular complexity index is 323. The average molecular weight is 256 g/mol. The van der Waals surface area contributed by atoms with Crippen molar-refractivity contribution in [2.24, 2.45) is 5.73 Å². The van der Waals surface area contributed by atoms with Gasteiger partial charge < -0.3 is 10.5 Å². The van der Waals surface area contributed by atoms with Gasteiger partial charge in [0.15, 0.2) is 0 Å². The Morgan fingerprint density at radius 2 is 2.29 bits per heavy atom. The Kier molecular flexibility index (Phi) is 4.70. The molecule has 0 radical (unpaired) electrons. The first kappa shape index (κ1) is 11.3. The average Bonchev–Trinajstić information content (AvgIpc) is 2.21. The van der Waals surface area contributed by atoms with E-state index in [0.717, 1.165) is 22.2 Å². The maximum Gasteiger partial charge on any atom is 0.119 e. The van der Waals surface area contributed by atoms with Crippen LogP contribution in [-0.4, -0.2) is 13.7 Å². The molecule has 2 nitrogen and oxygen atoms in total. The zero-order valence-electron chi connectivity index (χ0n) is 8.16. The minimum Gasteiger partial charge on any atom is -0.497 e. The third kappa shape index (κ3) is 3.16. The van der Waals surface area contributed by atoms with Gasteiger partial charge in [-0.25, -0.2) is 0 Å². The van der Waals surface area contributed by atoms with Crippen molar-refractivity contribution < 1.29 is 4.74 Å². The lowest BCUT2D eigenvalue weighted by Gasteiger charge is -2.02. The van der Waals surface area contributed by atoms with Crippen molar-refractivity contribution in [1.29, 1.82) is 0 Å². The molecule has 0 heterocycles. The van der Waals surface area contributed by atoms with Crippen LogP contribution in [0.3, 0.4) is 0 Å². The van der Waals surface area contributed by atoms with E-state index in [1.807, 2.05) is 24.3 Å². The van der Waals surface area contributed by atoms with Crippen LogP contribution in [0.25, 0.3) is 6.08 Å². The lowest BCUT2D eigenvalue weighted by atomic mass is 10.2. The van der Waals surface area contributed by atoms with Gasteiger partial charge in [0.1, 0.15) is 5.75 Å². The second kappa shape index (κ2) is 5.83. The number of methoxy groups -OCH3 is 1. The molecule has 1 aromatic rings. The summed E-state index contributed by atoms with van der Waals surface area (Å²) in [5, 5.41) is 0. The molecule has 0 bridgehead atoms. The van der Waals surface area contributed by atoms with Gasteiger partial charge in [-0.05, 0) is 36.7 Å². The quantitative estimate of drug-likeness (QED) is 0.899. The molecule has 2 N–H and O–H groups in total. The summed E-state index contributed by atoms with van der Waals surface area (Å²) in [5.74, 6) is 0.862. The van der Waals surface area contributed by atoms with E-state index in [4.69, 9.17) is 10.5 Å². The Morgan fingerprint density at radius 3 is 2.93 bits per heavy atom. The molecule has 76 valence electrons. The Morgan fingerprint density at radius 1 is 1.50 bits per heavy atom. The third-order valence-corrected chi connectivity index (χ3v) is 2.56. The molecule has 0 amide bonds. The zero-order chi connectivity index (χ0) is 10.4. The van der Waals surface area contributed by atoms with Gasteiger partial charge >= 0.3 is 0 Å². The van der Waals surface area contributed by atoms with Crippen molar-refractivity contribution in [1.82, 2.24) is 0 Å². The number of benzene rings is 1. The fourth-order valence-electron chi connectivity index (χ4n) is 1.08. The summed E-state index contributed by atoms with van der Waals surface area (Å²) in [6, 6.07) is 5.88. The SMILES string of the molecule is COc1ccc(Br)c(/C=C/CCN)c1. The number of hydrogen-bond acceptors (Lipinski definition) is 2. The van der Waals surface area contributed by atoms with Crippen LogP contribution < -0.4 is 10.5 Å². The van der Waals surface area contributed by atoms with E-state index >= 15 is 0 Å². The monoisotopic (exact) mass is 255 g/mol. The summed E-state index contributed by atoms with van der Waals surface area (Å²) in [7, 11) is 1.66. The first-order valence-corrected chi connectivity index (χ1v) is 5.27. The van der Waals surface area contributed by atoms with E-state index in [2.05, 4.69) is 22.0 Å². The maximum absolute atomic E-state index is 5.40. The predicted octanol–water partition coefficient (Wildman–Crippen LogP) is 2.82. The zero-order valence-corrected chi connectivity index (χ0v) is 9.75. The molecular weight excluding hydrogens is 242 g/mol. The summed E-state index contributed by atoms with van der Waals surface area (Å²) in [4.78, 5) is 0. The molecule has 0 spiro atoms. The highest BCUT2D eigenvalue weighted by Crippen LogP contribution is 2.23. The summed E-state index contributed by atoms with van der Waals surface area (Å²) in [6.07, 6.45) is 4.99. The number of ether oxygens (including phenoxy) is 1. The molecule has 0 aliphatic carbocycles. The van der Waals surface area contributed by atoms with E-state index < -0.39 is 0 Å². The van der Waals surface area contributed by atoms with Crippen LogP contribution in [0.1, 0.15) is 12.0 Å². The van der Waals surface area contributed by atoms with Gasteiger partial charge in [-0.1, -0.05) is 28.1 Å². The largest absolute Gasteiger partial charge is 0.497 e. The van der Waals surface area contributed by atoms with E-state index in [1.54, 1.807) is 7.11 Å². The van der Waals surface area contributed by atoms with Crippen molar-refractivity contribution in [3.05, 3.63) is 34.3 Å². The molecule has 0 fully saturated rings. The van der Waals surface area contributed by atoms with Crippen molar-refractivity contribution in [2.45, 2.75) is 6.42 Å². The third-order valence-electron chi connectivity index (χ3n) is 1.83. The maximum atomic E-state index is 5.40. The number of rotatable bonds is 4. The number of halogens is 1. The molecule has 14 heavy (non-hydrogen) atoms. The molecule has 0 unspecified atom stereocenters. The van der Waals surface area contributed by atoms with Crippen LogP contribution in [0.5, 0.6) is 5.75 Å². The first-order valence-electron chi connectivity index (χ1n) is 4.48. The predicted molar refractivity (Wildman–Crippen MR) is 63.4 cm³/mol. The molecule has 1 rings (SSSR count). The highest BCUT2D eigenvalue weighted by molar-refractivity contribution is 9.10. The molecule has 0 aromatic heterocycles. The van der Waals surface area contributed by atoms with E-state index in [1.165, 1.54) is 0 Å². The second-order valence-electron chi connectivity index (χ2n) is 2.87. The summed E-state index contributed by atoms with van der Waals surface area (Å²) in [6.45, 7) is 0.679. The van der Waals surface area contributed by atoms with Gasteiger partial charge in [0.2, 0.25) is 0 Å². The molecule has 0 saturated heterocycles. The summed E-state index contributed by atoms with van der Waals surface area (Å²) in [5.41, 5.74) is 6.51. The van der Waals surface area contributed by atoms with Crippen LogP contribution in [0.4, 0.5) is 0 Å². The van der Waals surface area contributed by atoms with Crippen molar-refractivity contribution >= 4 is 22.0 Å². The Balaban J connectivity index is 2.83. The molecule has 3 heteroatoms. The normalized spacial score (nSPS) is 10.8. The molecule has 1 aromatic carbocycles. The smallest absolute Gasteiger partial charge is 0.119 e. The van der Waals surface area contributed by atoms with Gasteiger partial charge in [-0.3, -0.25) is 0 Å². The summed E-state index contributed by atoms with van der Waals surface area (Å²) >= 11 is 3.47. The summed E-state index contributed by atoms with van der Waals surface area (Å²) < 4.78 is 6.20. The van der Waals surface area contributed by atoms with Gasteiger partial charge in [0, 0.05) is 4.47 Å². The lowest BCUT2D eigenvalue weighted by molar-refractivity contribution is 0.414. The highest BCUT2D eigenvalue weighted by Gasteiger charge is 1.97. The van der Waals surface area contributed by atoms with Gasteiger partial charge in [0.25, 0.3) is 0 Å². The van der Waals surface area contributed by atoms with Crippen LogP contribution in [0, 0.1) is 0 Å². The van der Waals surface area contributed by atoms with Crippen molar-refractivity contribution in [3.63, 3.8) is 0 Å². The minimum atomic E-state index is 0.679. The van der Waals surface area contributed by atoms with Crippen LogP contribution in [0.2, 0.25) is 0 Å². The van der Waals surface area contributed by atoms with Crippen molar-refractivity contribution in [2.75, 3.05) is 13.7 Å². The van der Waals surface area contributed by atoms with Crippen molar-refractivity contribution in [3.8, 4) is 5.75 Å². The minimum absolute atomic E-state index is 0.679.